The highest BCUT2D eigenvalue weighted by Crippen LogP contribution is 2.27. The maximum absolute atomic E-state index is 12.5. The quantitative estimate of drug-likeness (QED) is 0.712. The fourth-order valence-corrected chi connectivity index (χ4v) is 2.87. The standard InChI is InChI=1S/C19H18ClN5O/c1-12-9-13(2)17(15(20)10-12)25-18(26)16-5-8-22-19(24-16)23-11-14-3-6-21-7-4-14/h3-10H,11H2,1-2H3,(H,25,26)(H,22,23,24). The number of aryl methyl sites for hydroxylation is 2. The van der Waals surface area contributed by atoms with Crippen molar-refractivity contribution in [3.05, 3.63) is 76.3 Å². The molecule has 26 heavy (non-hydrogen) atoms. The predicted molar refractivity (Wildman–Crippen MR) is 102 cm³/mol. The van der Waals surface area contributed by atoms with Gasteiger partial charge < -0.3 is 10.6 Å². The van der Waals surface area contributed by atoms with Crippen LogP contribution in [0.2, 0.25) is 5.02 Å². The Hall–Kier alpha value is -2.99. The lowest BCUT2D eigenvalue weighted by Gasteiger charge is -2.12. The molecule has 0 aliphatic rings. The van der Waals surface area contributed by atoms with Crippen LogP contribution in [-0.2, 0) is 6.54 Å². The van der Waals surface area contributed by atoms with Gasteiger partial charge in [0, 0.05) is 25.1 Å². The summed E-state index contributed by atoms with van der Waals surface area (Å²) in [6.07, 6.45) is 4.98. The number of benzene rings is 1. The fourth-order valence-electron chi connectivity index (χ4n) is 2.50. The lowest BCUT2D eigenvalue weighted by atomic mass is 10.1. The maximum Gasteiger partial charge on any atom is 0.274 e. The van der Waals surface area contributed by atoms with Gasteiger partial charge in [-0.2, -0.15) is 0 Å². The first kappa shape index (κ1) is 17.8. The molecule has 0 saturated carbocycles. The summed E-state index contributed by atoms with van der Waals surface area (Å²) in [5, 5.41) is 6.42. The van der Waals surface area contributed by atoms with Crippen LogP contribution >= 0.6 is 11.6 Å². The topological polar surface area (TPSA) is 79.8 Å². The molecule has 6 nitrogen and oxygen atoms in total. The Bertz CT molecular complexity index is 907. The molecule has 1 aromatic carbocycles. The van der Waals surface area contributed by atoms with Gasteiger partial charge in [-0.05, 0) is 54.8 Å². The Morgan fingerprint density at radius 3 is 2.62 bits per heavy atom. The highest BCUT2D eigenvalue weighted by molar-refractivity contribution is 6.34. The Balaban J connectivity index is 1.72. The minimum absolute atomic E-state index is 0.258. The minimum atomic E-state index is -0.340. The van der Waals surface area contributed by atoms with Crippen LogP contribution in [0.5, 0.6) is 0 Å². The van der Waals surface area contributed by atoms with E-state index in [0.717, 1.165) is 16.7 Å². The number of aromatic nitrogens is 3. The number of anilines is 2. The molecule has 0 fully saturated rings. The van der Waals surface area contributed by atoms with Gasteiger partial charge in [-0.3, -0.25) is 9.78 Å². The molecule has 1 amide bonds. The van der Waals surface area contributed by atoms with Crippen LogP contribution in [-0.4, -0.2) is 20.9 Å². The maximum atomic E-state index is 12.5. The Kier molecular flexibility index (Phi) is 5.43. The number of hydrogen-bond donors (Lipinski definition) is 2. The van der Waals surface area contributed by atoms with Crippen LogP contribution in [0, 0.1) is 13.8 Å². The summed E-state index contributed by atoms with van der Waals surface area (Å²) < 4.78 is 0. The molecule has 3 rings (SSSR count). The summed E-state index contributed by atoms with van der Waals surface area (Å²) in [6.45, 7) is 4.39. The number of pyridine rings is 1. The van der Waals surface area contributed by atoms with Gasteiger partial charge in [0.25, 0.3) is 5.91 Å². The van der Waals surface area contributed by atoms with Gasteiger partial charge in [-0.1, -0.05) is 17.7 Å². The van der Waals surface area contributed by atoms with Crippen molar-refractivity contribution in [1.29, 1.82) is 0 Å². The van der Waals surface area contributed by atoms with Gasteiger partial charge in [0.2, 0.25) is 5.95 Å². The number of carbonyl (C=O) groups is 1. The number of nitrogens with zero attached hydrogens (tertiary/aromatic N) is 3. The summed E-state index contributed by atoms with van der Waals surface area (Å²) >= 11 is 6.25. The smallest absolute Gasteiger partial charge is 0.274 e. The zero-order valence-electron chi connectivity index (χ0n) is 14.5. The highest BCUT2D eigenvalue weighted by Gasteiger charge is 2.13. The van der Waals surface area contributed by atoms with E-state index >= 15 is 0 Å². The summed E-state index contributed by atoms with van der Waals surface area (Å²) in [6, 6.07) is 9.12. The molecule has 0 aliphatic carbocycles. The molecule has 0 unspecified atom stereocenters. The van der Waals surface area contributed by atoms with Crippen molar-refractivity contribution in [2.75, 3.05) is 10.6 Å². The van der Waals surface area contributed by atoms with Gasteiger partial charge in [0.15, 0.2) is 0 Å². The van der Waals surface area contributed by atoms with Crippen molar-refractivity contribution in [2.24, 2.45) is 0 Å². The van der Waals surface area contributed by atoms with E-state index in [2.05, 4.69) is 25.6 Å². The number of carbonyl (C=O) groups excluding carboxylic acids is 1. The van der Waals surface area contributed by atoms with Gasteiger partial charge >= 0.3 is 0 Å². The number of halogens is 1. The third-order valence-electron chi connectivity index (χ3n) is 3.76. The summed E-state index contributed by atoms with van der Waals surface area (Å²) in [4.78, 5) is 24.9. The van der Waals surface area contributed by atoms with E-state index in [-0.39, 0.29) is 11.6 Å². The van der Waals surface area contributed by atoms with Crippen molar-refractivity contribution < 1.29 is 4.79 Å². The predicted octanol–water partition coefficient (Wildman–Crippen LogP) is 4.01. The highest BCUT2D eigenvalue weighted by atomic mass is 35.5. The molecule has 2 aromatic heterocycles. The van der Waals surface area contributed by atoms with E-state index in [9.17, 15) is 4.79 Å². The Morgan fingerprint density at radius 1 is 1.12 bits per heavy atom. The summed E-state index contributed by atoms with van der Waals surface area (Å²) in [7, 11) is 0. The molecule has 132 valence electrons. The fraction of sp³-hybridized carbons (Fsp3) is 0.158. The number of nitrogens with one attached hydrogen (secondary N) is 2. The normalized spacial score (nSPS) is 10.4. The van der Waals surface area contributed by atoms with Crippen molar-refractivity contribution in [3.63, 3.8) is 0 Å². The van der Waals surface area contributed by atoms with Crippen molar-refractivity contribution in [2.45, 2.75) is 20.4 Å². The molecule has 0 bridgehead atoms. The van der Waals surface area contributed by atoms with E-state index in [4.69, 9.17) is 11.6 Å². The first-order valence-electron chi connectivity index (χ1n) is 8.07. The average molecular weight is 368 g/mol. The Labute approximate surface area is 156 Å². The van der Waals surface area contributed by atoms with Gasteiger partial charge in [0.05, 0.1) is 10.7 Å². The summed E-state index contributed by atoms with van der Waals surface area (Å²) in [5.41, 5.74) is 3.82. The van der Waals surface area contributed by atoms with Gasteiger partial charge in [0.1, 0.15) is 5.69 Å². The zero-order chi connectivity index (χ0) is 18.5. The van der Waals surface area contributed by atoms with Crippen LogP contribution in [0.3, 0.4) is 0 Å². The molecular weight excluding hydrogens is 350 g/mol. The second-order valence-electron chi connectivity index (χ2n) is 5.87. The average Bonchev–Trinajstić information content (AvgIpc) is 2.64. The second-order valence-corrected chi connectivity index (χ2v) is 6.27. The summed E-state index contributed by atoms with van der Waals surface area (Å²) in [5.74, 6) is 0.0365. The minimum Gasteiger partial charge on any atom is -0.350 e. The Morgan fingerprint density at radius 2 is 1.88 bits per heavy atom. The van der Waals surface area contributed by atoms with E-state index < -0.39 is 0 Å². The number of rotatable bonds is 5. The van der Waals surface area contributed by atoms with E-state index in [1.165, 1.54) is 0 Å². The third-order valence-corrected chi connectivity index (χ3v) is 4.06. The molecule has 2 heterocycles. The monoisotopic (exact) mass is 367 g/mol. The van der Waals surface area contributed by atoms with Crippen LogP contribution in [0.15, 0.2) is 48.9 Å². The molecule has 2 N–H and O–H groups in total. The van der Waals surface area contributed by atoms with Crippen LogP contribution < -0.4 is 10.6 Å². The first-order chi connectivity index (χ1) is 12.5. The third kappa shape index (κ3) is 4.34. The lowest BCUT2D eigenvalue weighted by molar-refractivity contribution is 0.102. The molecule has 0 saturated heterocycles. The molecular formula is C19H18ClN5O. The van der Waals surface area contributed by atoms with E-state index in [1.807, 2.05) is 38.1 Å². The van der Waals surface area contributed by atoms with E-state index in [1.54, 1.807) is 24.7 Å². The van der Waals surface area contributed by atoms with Crippen molar-refractivity contribution in [3.8, 4) is 0 Å². The zero-order valence-corrected chi connectivity index (χ0v) is 15.2. The molecule has 3 aromatic rings. The van der Waals surface area contributed by atoms with Crippen LogP contribution in [0.4, 0.5) is 11.6 Å². The second kappa shape index (κ2) is 7.93. The molecule has 0 aliphatic heterocycles. The van der Waals surface area contributed by atoms with Gasteiger partial charge in [-0.15, -0.1) is 0 Å². The molecule has 0 radical (unpaired) electrons. The number of amides is 1. The van der Waals surface area contributed by atoms with Gasteiger partial charge in [-0.25, -0.2) is 9.97 Å². The number of hydrogen-bond acceptors (Lipinski definition) is 5. The van der Waals surface area contributed by atoms with Crippen LogP contribution in [0.1, 0.15) is 27.2 Å². The SMILES string of the molecule is Cc1cc(C)c(NC(=O)c2ccnc(NCc3ccncc3)n2)c(Cl)c1. The first-order valence-corrected chi connectivity index (χ1v) is 8.44. The van der Waals surface area contributed by atoms with Crippen LogP contribution in [0.25, 0.3) is 0 Å². The molecule has 0 spiro atoms. The largest absolute Gasteiger partial charge is 0.350 e. The molecule has 0 atom stereocenters. The van der Waals surface area contributed by atoms with Crippen molar-refractivity contribution >= 4 is 29.1 Å². The van der Waals surface area contributed by atoms with E-state index in [0.29, 0.717) is 23.2 Å². The lowest BCUT2D eigenvalue weighted by Crippen LogP contribution is -2.16. The van der Waals surface area contributed by atoms with Crippen molar-refractivity contribution in [1.82, 2.24) is 15.0 Å². The molecule has 7 heteroatoms.